The van der Waals surface area contributed by atoms with Gasteiger partial charge in [0.2, 0.25) is 6.41 Å². The van der Waals surface area contributed by atoms with Crippen molar-refractivity contribution in [2.75, 3.05) is 5.01 Å². The molecule has 0 unspecified atom stereocenters. The molecular formula is C13H14F3N3O2. The molecule has 0 bridgehead atoms. The molecule has 1 aliphatic heterocycles. The van der Waals surface area contributed by atoms with E-state index in [1.165, 1.54) is 0 Å². The maximum atomic E-state index is 12.8. The summed E-state index contributed by atoms with van der Waals surface area (Å²) in [4.78, 5) is 27.0. The van der Waals surface area contributed by atoms with Gasteiger partial charge < -0.3 is 0 Å². The molecule has 0 fully saturated rings. The molecule has 2 amide bonds. The van der Waals surface area contributed by atoms with Crippen LogP contribution in [0.25, 0.3) is 0 Å². The lowest BCUT2D eigenvalue weighted by Gasteiger charge is -2.38. The van der Waals surface area contributed by atoms with E-state index in [1.54, 1.807) is 20.8 Å². The van der Waals surface area contributed by atoms with Gasteiger partial charge in [0.1, 0.15) is 0 Å². The minimum Gasteiger partial charge on any atom is -0.277 e. The number of aromatic nitrogens is 1. The monoisotopic (exact) mass is 301 g/mol. The first-order valence-corrected chi connectivity index (χ1v) is 6.19. The summed E-state index contributed by atoms with van der Waals surface area (Å²) in [6, 6.07) is 0.843. The smallest absolute Gasteiger partial charge is 0.277 e. The van der Waals surface area contributed by atoms with Crippen molar-refractivity contribution in [2.45, 2.75) is 38.9 Å². The lowest BCUT2D eigenvalue weighted by atomic mass is 10.1. The first kappa shape index (κ1) is 15.3. The van der Waals surface area contributed by atoms with Gasteiger partial charge in [-0.2, -0.15) is 13.2 Å². The minimum absolute atomic E-state index is 0.00292. The molecule has 0 aliphatic carbocycles. The number of amides is 2. The fraction of sp³-hybridized carbons (Fsp3) is 0.462. The molecule has 0 radical (unpaired) electrons. The first-order valence-electron chi connectivity index (χ1n) is 6.19. The van der Waals surface area contributed by atoms with E-state index in [-0.39, 0.29) is 17.8 Å². The van der Waals surface area contributed by atoms with Gasteiger partial charge in [0.05, 0.1) is 28.9 Å². The van der Waals surface area contributed by atoms with Crippen molar-refractivity contribution in [1.29, 1.82) is 0 Å². The first-order chi connectivity index (χ1) is 9.55. The van der Waals surface area contributed by atoms with Crippen molar-refractivity contribution in [3.05, 3.63) is 23.5 Å². The van der Waals surface area contributed by atoms with Crippen molar-refractivity contribution in [3.8, 4) is 0 Å². The van der Waals surface area contributed by atoms with Crippen molar-refractivity contribution >= 4 is 18.0 Å². The summed E-state index contributed by atoms with van der Waals surface area (Å²) in [5.41, 5.74) is -1.49. The Balaban J connectivity index is 2.53. The van der Waals surface area contributed by atoms with E-state index in [2.05, 4.69) is 4.98 Å². The third-order valence-electron chi connectivity index (χ3n) is 3.06. The molecule has 0 aromatic carbocycles. The Morgan fingerprint density at radius 3 is 2.43 bits per heavy atom. The quantitative estimate of drug-likeness (QED) is 0.787. The third-order valence-corrected chi connectivity index (χ3v) is 3.06. The van der Waals surface area contributed by atoms with Crippen LogP contribution in [0.2, 0.25) is 0 Å². The molecule has 2 heterocycles. The second-order valence-electron chi connectivity index (χ2n) is 5.69. The van der Waals surface area contributed by atoms with Gasteiger partial charge in [-0.15, -0.1) is 0 Å². The van der Waals surface area contributed by atoms with Gasteiger partial charge >= 0.3 is 6.18 Å². The molecule has 5 nitrogen and oxygen atoms in total. The Hall–Kier alpha value is -2.12. The van der Waals surface area contributed by atoms with Crippen LogP contribution in [0.3, 0.4) is 0 Å². The molecular weight excluding hydrogens is 287 g/mol. The van der Waals surface area contributed by atoms with E-state index in [4.69, 9.17) is 0 Å². The Labute approximate surface area is 119 Å². The van der Waals surface area contributed by atoms with Crippen molar-refractivity contribution < 1.29 is 22.8 Å². The third kappa shape index (κ3) is 2.70. The van der Waals surface area contributed by atoms with Gasteiger partial charge in [0.25, 0.3) is 5.91 Å². The molecule has 0 spiro atoms. The molecule has 1 aromatic heterocycles. The number of fused-ring (bicyclic) bond motifs is 1. The summed E-state index contributed by atoms with van der Waals surface area (Å²) in [5, 5.41) is 2.04. The van der Waals surface area contributed by atoms with Crippen molar-refractivity contribution in [3.63, 3.8) is 0 Å². The van der Waals surface area contributed by atoms with Crippen LogP contribution >= 0.6 is 0 Å². The van der Waals surface area contributed by atoms with Crippen LogP contribution < -0.4 is 5.01 Å². The number of carbonyl (C=O) groups excluding carboxylic acids is 2. The lowest BCUT2D eigenvalue weighted by Crippen LogP contribution is -2.53. The van der Waals surface area contributed by atoms with Gasteiger partial charge in [-0.1, -0.05) is 0 Å². The van der Waals surface area contributed by atoms with Crippen LogP contribution in [-0.4, -0.2) is 27.8 Å². The number of nitrogens with zero attached hydrogens (tertiary/aromatic N) is 3. The number of anilines is 1. The number of alkyl halides is 3. The number of carbonyl (C=O) groups is 2. The molecule has 0 N–H and O–H groups in total. The molecule has 114 valence electrons. The average molecular weight is 301 g/mol. The summed E-state index contributed by atoms with van der Waals surface area (Å²) in [6.07, 6.45) is -3.58. The second kappa shape index (κ2) is 4.71. The zero-order valence-corrected chi connectivity index (χ0v) is 11.7. The van der Waals surface area contributed by atoms with Crippen LogP contribution in [-0.2, 0) is 22.2 Å². The highest BCUT2D eigenvalue weighted by molar-refractivity contribution is 6.01. The van der Waals surface area contributed by atoms with Crippen LogP contribution in [0.5, 0.6) is 0 Å². The van der Waals surface area contributed by atoms with E-state index >= 15 is 0 Å². The van der Waals surface area contributed by atoms with Crippen LogP contribution in [0, 0.1) is 0 Å². The second-order valence-corrected chi connectivity index (χ2v) is 5.69. The number of pyridine rings is 1. The molecule has 8 heteroatoms. The van der Waals surface area contributed by atoms with E-state index in [0.717, 1.165) is 16.1 Å². The lowest BCUT2D eigenvalue weighted by molar-refractivity contribution is -0.137. The molecule has 1 aliphatic rings. The number of rotatable bonds is 2. The normalized spacial score (nSPS) is 15.1. The maximum absolute atomic E-state index is 12.8. The van der Waals surface area contributed by atoms with Crippen LogP contribution in [0.4, 0.5) is 18.9 Å². The van der Waals surface area contributed by atoms with Gasteiger partial charge in [0, 0.05) is 6.20 Å². The number of hydrazine groups is 1. The van der Waals surface area contributed by atoms with Crippen LogP contribution in [0.1, 0.15) is 32.0 Å². The summed E-state index contributed by atoms with van der Waals surface area (Å²) >= 11 is 0. The molecule has 21 heavy (non-hydrogen) atoms. The standard InChI is InChI=1S/C13H14F3N3O2/c1-12(2,3)18(7-20)19-10-4-8(13(14,15)16)6-17-9(10)5-11(19)21/h4,6-7H,5H2,1-3H3. The fourth-order valence-electron chi connectivity index (χ4n) is 2.05. The van der Waals surface area contributed by atoms with Gasteiger partial charge in [-0.3, -0.25) is 14.6 Å². The highest BCUT2D eigenvalue weighted by Crippen LogP contribution is 2.36. The SMILES string of the molecule is CC(C)(C)N(C=O)N1C(=O)Cc2ncc(C(F)(F)F)cc21. The van der Waals surface area contributed by atoms with E-state index in [0.29, 0.717) is 12.6 Å². The zero-order chi connectivity index (χ0) is 16.0. The Kier molecular flexibility index (Phi) is 3.43. The zero-order valence-electron chi connectivity index (χ0n) is 11.7. The van der Waals surface area contributed by atoms with Crippen molar-refractivity contribution in [2.24, 2.45) is 0 Å². The van der Waals surface area contributed by atoms with Gasteiger partial charge in [-0.05, 0) is 26.8 Å². The number of halogens is 3. The Bertz CT molecular complexity index is 593. The molecule has 0 saturated heterocycles. The fourth-order valence-corrected chi connectivity index (χ4v) is 2.05. The largest absolute Gasteiger partial charge is 0.417 e. The topological polar surface area (TPSA) is 53.5 Å². The minimum atomic E-state index is -4.56. The van der Waals surface area contributed by atoms with E-state index in [9.17, 15) is 22.8 Å². The summed E-state index contributed by atoms with van der Waals surface area (Å²) in [6.45, 7) is 5.02. The molecule has 2 rings (SSSR count). The summed E-state index contributed by atoms with van der Waals surface area (Å²) in [5.74, 6) is -0.487. The predicted octanol–water partition coefficient (Wildman–Crippen LogP) is 2.16. The van der Waals surface area contributed by atoms with Gasteiger partial charge in [-0.25, -0.2) is 10.0 Å². The molecule has 1 aromatic rings. The summed E-state index contributed by atoms with van der Waals surface area (Å²) < 4.78 is 38.3. The Morgan fingerprint density at radius 2 is 1.95 bits per heavy atom. The van der Waals surface area contributed by atoms with Crippen LogP contribution in [0.15, 0.2) is 12.3 Å². The average Bonchev–Trinajstić information content (AvgIpc) is 2.63. The summed E-state index contributed by atoms with van der Waals surface area (Å²) in [7, 11) is 0. The molecule has 0 atom stereocenters. The Morgan fingerprint density at radius 1 is 1.33 bits per heavy atom. The highest BCUT2D eigenvalue weighted by atomic mass is 19.4. The van der Waals surface area contributed by atoms with E-state index in [1.807, 2.05) is 0 Å². The van der Waals surface area contributed by atoms with Gasteiger partial charge in [0.15, 0.2) is 0 Å². The van der Waals surface area contributed by atoms with E-state index < -0.39 is 23.2 Å². The molecule has 0 saturated carbocycles. The maximum Gasteiger partial charge on any atom is 0.417 e. The highest BCUT2D eigenvalue weighted by Gasteiger charge is 2.40. The predicted molar refractivity (Wildman–Crippen MR) is 68.1 cm³/mol. The number of hydrogen-bond donors (Lipinski definition) is 0. The number of hydrogen-bond acceptors (Lipinski definition) is 3. The van der Waals surface area contributed by atoms with Crippen molar-refractivity contribution in [1.82, 2.24) is 9.99 Å².